The van der Waals surface area contributed by atoms with Gasteiger partial charge in [0.2, 0.25) is 0 Å². The third-order valence-electron chi connectivity index (χ3n) is 0.576. The van der Waals surface area contributed by atoms with Crippen LogP contribution in [0.1, 0.15) is 6.92 Å². The lowest BCUT2D eigenvalue weighted by atomic mass is 10.8. The molecule has 0 spiro atoms. The van der Waals surface area contributed by atoms with Gasteiger partial charge in [0.25, 0.3) is 0 Å². The molecule has 1 nitrogen and oxygen atoms in total. The van der Waals surface area contributed by atoms with E-state index < -0.39 is 0 Å². The summed E-state index contributed by atoms with van der Waals surface area (Å²) in [6.45, 7) is 1.98. The van der Waals surface area contributed by atoms with Gasteiger partial charge in [0.15, 0.2) is 0 Å². The number of hydrogen-bond acceptors (Lipinski definition) is 3. The second-order valence-corrected chi connectivity index (χ2v) is 2.39. The lowest BCUT2D eigenvalue weighted by Crippen LogP contribution is -1.84. The van der Waals surface area contributed by atoms with Crippen LogP contribution in [0.4, 0.5) is 0 Å². The minimum atomic E-state index is 0.275. The summed E-state index contributed by atoms with van der Waals surface area (Å²) >= 11 is 6.02. The van der Waals surface area contributed by atoms with Gasteiger partial charge in [-0.15, -0.1) is 11.8 Å². The molecular formula is C4H7NS2. The molecule has 0 rings (SSSR count). The normalized spacial score (nSPS) is 12.3. The predicted octanol–water partition coefficient (Wildman–Crippen LogP) is 1.80. The second-order valence-electron chi connectivity index (χ2n) is 1.06. The molecule has 3 heteroatoms. The van der Waals surface area contributed by atoms with Gasteiger partial charge in [-0.05, 0) is 25.4 Å². The van der Waals surface area contributed by atoms with Crippen molar-refractivity contribution in [1.82, 2.24) is 0 Å². The highest BCUT2D eigenvalue weighted by molar-refractivity contribution is 7.99. The van der Waals surface area contributed by atoms with E-state index in [1.807, 2.05) is 13.2 Å². The number of nitrogens with zero attached hydrogens (tertiary/aromatic N) is 1. The fraction of sp³-hybridized carbons (Fsp3) is 0.750. The van der Waals surface area contributed by atoms with Crippen LogP contribution in [0.3, 0.4) is 0 Å². The van der Waals surface area contributed by atoms with E-state index in [0.717, 1.165) is 0 Å². The molecule has 7 heavy (non-hydrogen) atoms. The number of hydrogen-bond donors (Lipinski definition) is 0. The summed E-state index contributed by atoms with van der Waals surface area (Å²) in [6, 6.07) is 0. The summed E-state index contributed by atoms with van der Waals surface area (Å²) in [5.41, 5.74) is 0. The lowest BCUT2D eigenvalue weighted by Gasteiger charge is -1.92. The zero-order valence-electron chi connectivity index (χ0n) is 4.34. The average Bonchev–Trinajstić information content (AvgIpc) is 1.68. The number of thioether (sulfide) groups is 1. The standard InChI is InChI=1S/C4H7NS2/c1-4(7-2)5-3-6/h4H,1-2H3. The highest BCUT2D eigenvalue weighted by Crippen LogP contribution is 2.03. The molecule has 0 aliphatic rings. The van der Waals surface area contributed by atoms with E-state index in [1.165, 1.54) is 0 Å². The minimum Gasteiger partial charge on any atom is -0.218 e. The van der Waals surface area contributed by atoms with Crippen molar-refractivity contribution < 1.29 is 0 Å². The highest BCUT2D eigenvalue weighted by Gasteiger charge is 1.87. The van der Waals surface area contributed by atoms with Crippen LogP contribution in [-0.4, -0.2) is 16.8 Å². The summed E-state index contributed by atoms with van der Waals surface area (Å²) in [7, 11) is 0. The Labute approximate surface area is 53.2 Å². The summed E-state index contributed by atoms with van der Waals surface area (Å²) in [5.74, 6) is 0. The number of thiocarbonyl (C=S) groups is 1. The molecule has 0 heterocycles. The maximum atomic E-state index is 4.36. The summed E-state index contributed by atoms with van der Waals surface area (Å²) in [6.07, 6.45) is 1.99. The fourth-order valence-electron chi connectivity index (χ4n) is 0.127. The first-order valence-corrected chi connectivity index (χ1v) is 3.60. The van der Waals surface area contributed by atoms with Crippen molar-refractivity contribution in [3.63, 3.8) is 0 Å². The average molecular weight is 133 g/mol. The van der Waals surface area contributed by atoms with Crippen LogP contribution < -0.4 is 0 Å². The molecule has 0 aliphatic carbocycles. The molecule has 1 unspecified atom stereocenters. The van der Waals surface area contributed by atoms with Crippen molar-refractivity contribution in [2.24, 2.45) is 4.99 Å². The van der Waals surface area contributed by atoms with Gasteiger partial charge in [-0.25, -0.2) is 4.99 Å². The van der Waals surface area contributed by atoms with E-state index in [4.69, 9.17) is 0 Å². The summed E-state index contributed by atoms with van der Waals surface area (Å²) < 4.78 is 0. The molecule has 0 aromatic heterocycles. The third-order valence-corrected chi connectivity index (χ3v) is 1.47. The van der Waals surface area contributed by atoms with E-state index in [0.29, 0.717) is 0 Å². The Morgan fingerprint density at radius 2 is 2.43 bits per heavy atom. The van der Waals surface area contributed by atoms with Gasteiger partial charge in [-0.1, -0.05) is 0 Å². The SMILES string of the molecule is CSC(C)N=C=S. The van der Waals surface area contributed by atoms with Crippen molar-refractivity contribution in [3.05, 3.63) is 0 Å². The maximum Gasteiger partial charge on any atom is 0.102 e. The largest absolute Gasteiger partial charge is 0.218 e. The molecule has 0 saturated heterocycles. The van der Waals surface area contributed by atoms with E-state index >= 15 is 0 Å². The van der Waals surface area contributed by atoms with Gasteiger partial charge in [0.1, 0.15) is 5.37 Å². The van der Waals surface area contributed by atoms with Crippen molar-refractivity contribution in [1.29, 1.82) is 0 Å². The van der Waals surface area contributed by atoms with Crippen LogP contribution in [0.15, 0.2) is 4.99 Å². The van der Waals surface area contributed by atoms with Crippen molar-refractivity contribution in [2.45, 2.75) is 12.3 Å². The summed E-state index contributed by atoms with van der Waals surface area (Å²) in [5, 5.41) is 2.58. The van der Waals surface area contributed by atoms with Crippen LogP contribution in [0.2, 0.25) is 0 Å². The van der Waals surface area contributed by atoms with Crippen molar-refractivity contribution in [3.8, 4) is 0 Å². The van der Waals surface area contributed by atoms with Gasteiger partial charge in [0, 0.05) is 0 Å². The summed E-state index contributed by atoms with van der Waals surface area (Å²) in [4.78, 5) is 3.77. The second kappa shape index (κ2) is 4.31. The Balaban J connectivity index is 3.35. The number of aliphatic imine (C=N–C) groups is 1. The Morgan fingerprint density at radius 1 is 1.86 bits per heavy atom. The van der Waals surface area contributed by atoms with E-state index in [1.54, 1.807) is 11.8 Å². The number of rotatable bonds is 2. The van der Waals surface area contributed by atoms with E-state index in [-0.39, 0.29) is 5.37 Å². The van der Waals surface area contributed by atoms with E-state index in [9.17, 15) is 0 Å². The minimum absolute atomic E-state index is 0.275. The fourth-order valence-corrected chi connectivity index (χ4v) is 0.510. The van der Waals surface area contributed by atoms with E-state index in [2.05, 4.69) is 22.4 Å². The molecule has 0 aromatic rings. The van der Waals surface area contributed by atoms with Crippen LogP contribution in [0.5, 0.6) is 0 Å². The molecule has 0 amide bonds. The lowest BCUT2D eigenvalue weighted by molar-refractivity contribution is 1.06. The Bertz CT molecular complexity index is 85.7. The van der Waals surface area contributed by atoms with Crippen LogP contribution in [0, 0.1) is 0 Å². The monoisotopic (exact) mass is 133 g/mol. The quantitative estimate of drug-likeness (QED) is 0.420. The Hall–Kier alpha value is 0.150. The van der Waals surface area contributed by atoms with Crippen LogP contribution in [0.25, 0.3) is 0 Å². The molecular weight excluding hydrogens is 126 g/mol. The highest BCUT2D eigenvalue weighted by atomic mass is 32.2. The molecule has 0 radical (unpaired) electrons. The molecule has 0 bridgehead atoms. The topological polar surface area (TPSA) is 12.4 Å². The maximum absolute atomic E-state index is 4.36. The first-order valence-electron chi connectivity index (χ1n) is 1.91. The van der Waals surface area contributed by atoms with Gasteiger partial charge in [0.05, 0.1) is 5.16 Å². The zero-order valence-corrected chi connectivity index (χ0v) is 5.97. The van der Waals surface area contributed by atoms with Crippen LogP contribution in [-0.2, 0) is 0 Å². The van der Waals surface area contributed by atoms with Crippen LogP contribution >= 0.6 is 24.0 Å². The third kappa shape index (κ3) is 3.99. The van der Waals surface area contributed by atoms with Gasteiger partial charge in [-0.2, -0.15) is 0 Å². The molecule has 0 fully saturated rings. The first kappa shape index (κ1) is 7.15. The van der Waals surface area contributed by atoms with Crippen molar-refractivity contribution >= 4 is 29.1 Å². The molecule has 40 valence electrons. The molecule has 0 aromatic carbocycles. The molecule has 1 atom stereocenters. The smallest absolute Gasteiger partial charge is 0.102 e. The van der Waals surface area contributed by atoms with Gasteiger partial charge in [-0.3, -0.25) is 0 Å². The molecule has 0 aliphatic heterocycles. The van der Waals surface area contributed by atoms with Gasteiger partial charge >= 0.3 is 0 Å². The predicted molar refractivity (Wildman–Crippen MR) is 38.0 cm³/mol. The number of isothiocyanates is 1. The first-order chi connectivity index (χ1) is 3.31. The Kier molecular flexibility index (Phi) is 4.41. The van der Waals surface area contributed by atoms with Crippen molar-refractivity contribution in [2.75, 3.05) is 6.26 Å². The molecule has 0 N–H and O–H groups in total. The van der Waals surface area contributed by atoms with Gasteiger partial charge < -0.3 is 0 Å². The Morgan fingerprint density at radius 3 is 2.57 bits per heavy atom. The zero-order chi connectivity index (χ0) is 5.70. The molecule has 0 saturated carbocycles.